The van der Waals surface area contributed by atoms with E-state index in [0.717, 1.165) is 27.9 Å². The van der Waals surface area contributed by atoms with E-state index in [1.165, 1.54) is 11.3 Å². The molecule has 2 aromatic heterocycles. The molecule has 0 saturated heterocycles. The molecule has 0 atom stereocenters. The number of imidazole rings is 1. The number of nitrogens with zero attached hydrogens (tertiary/aromatic N) is 3. The van der Waals surface area contributed by atoms with E-state index in [-0.39, 0.29) is 0 Å². The summed E-state index contributed by atoms with van der Waals surface area (Å²) in [6.07, 6.45) is 1.81. The fourth-order valence-corrected chi connectivity index (χ4v) is 2.86. The van der Waals surface area contributed by atoms with Crippen molar-refractivity contribution in [3.05, 3.63) is 35.5 Å². The molecular formula is C13H13ClN4OS. The van der Waals surface area contributed by atoms with Crippen LogP contribution in [-0.2, 0) is 4.74 Å². The number of aromatic nitrogens is 3. The largest absolute Gasteiger partial charge is 0.383 e. The zero-order valence-corrected chi connectivity index (χ0v) is 12.4. The molecular weight excluding hydrogens is 296 g/mol. The van der Waals surface area contributed by atoms with Crippen molar-refractivity contribution in [3.8, 4) is 11.3 Å². The predicted octanol–water partition coefficient (Wildman–Crippen LogP) is 3.17. The number of benzene rings is 1. The molecule has 0 aliphatic carbocycles. The second-order valence-electron chi connectivity index (χ2n) is 4.17. The summed E-state index contributed by atoms with van der Waals surface area (Å²) < 4.78 is 6.83. The fraction of sp³-hybridized carbons (Fsp3) is 0.231. The minimum atomic E-state index is 0.642. The maximum Gasteiger partial charge on any atom is 0.214 e. The zero-order chi connectivity index (χ0) is 13.9. The van der Waals surface area contributed by atoms with E-state index in [1.54, 1.807) is 7.11 Å². The molecule has 0 unspecified atom stereocenters. The van der Waals surface area contributed by atoms with E-state index in [9.17, 15) is 0 Å². The molecule has 1 aromatic carbocycles. The van der Waals surface area contributed by atoms with Gasteiger partial charge in [-0.15, -0.1) is 5.10 Å². The Labute approximate surface area is 125 Å². The van der Waals surface area contributed by atoms with Gasteiger partial charge in [0, 0.05) is 24.2 Å². The van der Waals surface area contributed by atoms with Crippen LogP contribution in [0.4, 0.5) is 5.13 Å². The molecule has 104 valence electrons. The van der Waals surface area contributed by atoms with Crippen molar-refractivity contribution in [1.82, 2.24) is 14.6 Å². The van der Waals surface area contributed by atoms with Crippen molar-refractivity contribution in [3.63, 3.8) is 0 Å². The SMILES string of the molecule is COCCNc1nn2c(-c3cccc(Cl)c3)cnc2s1. The van der Waals surface area contributed by atoms with Crippen molar-refractivity contribution in [2.75, 3.05) is 25.6 Å². The third-order valence-electron chi connectivity index (χ3n) is 2.79. The van der Waals surface area contributed by atoms with Crippen molar-refractivity contribution >= 4 is 33.0 Å². The number of hydrogen-bond acceptors (Lipinski definition) is 5. The monoisotopic (exact) mass is 308 g/mol. The lowest BCUT2D eigenvalue weighted by molar-refractivity contribution is 0.210. The van der Waals surface area contributed by atoms with Gasteiger partial charge in [0.15, 0.2) is 0 Å². The molecule has 7 heteroatoms. The van der Waals surface area contributed by atoms with Gasteiger partial charge in [-0.3, -0.25) is 0 Å². The van der Waals surface area contributed by atoms with Gasteiger partial charge in [-0.1, -0.05) is 35.1 Å². The van der Waals surface area contributed by atoms with E-state index in [0.29, 0.717) is 11.6 Å². The van der Waals surface area contributed by atoms with Crippen molar-refractivity contribution in [2.24, 2.45) is 0 Å². The van der Waals surface area contributed by atoms with E-state index < -0.39 is 0 Å². The maximum atomic E-state index is 6.03. The van der Waals surface area contributed by atoms with Crippen LogP contribution >= 0.6 is 22.9 Å². The van der Waals surface area contributed by atoms with Gasteiger partial charge >= 0.3 is 0 Å². The van der Waals surface area contributed by atoms with Gasteiger partial charge in [-0.05, 0) is 12.1 Å². The Morgan fingerprint density at radius 3 is 3.15 bits per heavy atom. The first-order valence-electron chi connectivity index (χ1n) is 6.11. The first kappa shape index (κ1) is 13.4. The van der Waals surface area contributed by atoms with E-state index in [4.69, 9.17) is 16.3 Å². The number of ether oxygens (including phenoxy) is 1. The number of fused-ring (bicyclic) bond motifs is 1. The number of anilines is 1. The summed E-state index contributed by atoms with van der Waals surface area (Å²) in [5.74, 6) is 0. The summed E-state index contributed by atoms with van der Waals surface area (Å²) in [5, 5.41) is 9.25. The number of halogens is 1. The molecule has 0 amide bonds. The van der Waals surface area contributed by atoms with Gasteiger partial charge in [-0.2, -0.15) is 0 Å². The number of hydrogen-bond donors (Lipinski definition) is 1. The average molecular weight is 309 g/mol. The molecule has 2 heterocycles. The number of nitrogens with one attached hydrogen (secondary N) is 1. The van der Waals surface area contributed by atoms with Crippen LogP contribution in [0.1, 0.15) is 0 Å². The van der Waals surface area contributed by atoms with Gasteiger partial charge in [0.05, 0.1) is 18.5 Å². The molecule has 3 rings (SSSR count). The van der Waals surface area contributed by atoms with Crippen LogP contribution in [0.3, 0.4) is 0 Å². The lowest BCUT2D eigenvalue weighted by Gasteiger charge is -2.00. The third-order valence-corrected chi connectivity index (χ3v) is 3.90. The fourth-order valence-electron chi connectivity index (χ4n) is 1.87. The molecule has 0 bridgehead atoms. The van der Waals surface area contributed by atoms with Gasteiger partial charge in [0.2, 0.25) is 10.1 Å². The third kappa shape index (κ3) is 2.63. The second kappa shape index (κ2) is 5.78. The molecule has 0 radical (unpaired) electrons. The van der Waals surface area contributed by atoms with E-state index in [2.05, 4.69) is 15.4 Å². The Bertz CT molecular complexity index is 724. The molecule has 1 N–H and O–H groups in total. The minimum Gasteiger partial charge on any atom is -0.383 e. The molecule has 0 aliphatic heterocycles. The van der Waals surface area contributed by atoms with Gasteiger partial charge in [0.1, 0.15) is 0 Å². The Morgan fingerprint density at radius 1 is 1.45 bits per heavy atom. The smallest absolute Gasteiger partial charge is 0.214 e. The summed E-state index contributed by atoms with van der Waals surface area (Å²) in [5.41, 5.74) is 1.93. The van der Waals surface area contributed by atoms with Crippen LogP contribution in [0.2, 0.25) is 5.02 Å². The van der Waals surface area contributed by atoms with Gasteiger partial charge in [-0.25, -0.2) is 9.50 Å². The Balaban J connectivity index is 1.92. The highest BCUT2D eigenvalue weighted by atomic mass is 35.5. The molecule has 0 aliphatic rings. The van der Waals surface area contributed by atoms with Crippen LogP contribution in [-0.4, -0.2) is 34.9 Å². The summed E-state index contributed by atoms with van der Waals surface area (Å²) in [7, 11) is 1.67. The van der Waals surface area contributed by atoms with Crippen LogP contribution in [0.5, 0.6) is 0 Å². The van der Waals surface area contributed by atoms with Crippen molar-refractivity contribution in [2.45, 2.75) is 0 Å². The summed E-state index contributed by atoms with van der Waals surface area (Å²) in [6, 6.07) is 7.67. The molecule has 20 heavy (non-hydrogen) atoms. The minimum absolute atomic E-state index is 0.642. The second-order valence-corrected chi connectivity index (χ2v) is 5.57. The molecule has 3 aromatic rings. The van der Waals surface area contributed by atoms with E-state index in [1.807, 2.05) is 35.0 Å². The first-order chi connectivity index (χ1) is 9.78. The van der Waals surface area contributed by atoms with Crippen LogP contribution in [0, 0.1) is 0 Å². The Hall–Kier alpha value is -1.63. The van der Waals surface area contributed by atoms with Crippen molar-refractivity contribution < 1.29 is 4.74 Å². The highest BCUT2D eigenvalue weighted by molar-refractivity contribution is 7.20. The summed E-state index contributed by atoms with van der Waals surface area (Å²) in [6.45, 7) is 1.36. The molecule has 0 fully saturated rings. The highest BCUT2D eigenvalue weighted by Crippen LogP contribution is 2.27. The Kier molecular flexibility index (Phi) is 3.86. The summed E-state index contributed by atoms with van der Waals surface area (Å²) in [4.78, 5) is 5.23. The molecule has 0 spiro atoms. The van der Waals surface area contributed by atoms with Crippen LogP contribution in [0.15, 0.2) is 30.5 Å². The lowest BCUT2D eigenvalue weighted by Crippen LogP contribution is -2.07. The zero-order valence-electron chi connectivity index (χ0n) is 10.8. The standard InChI is InChI=1S/C13H13ClN4OS/c1-19-6-5-15-12-17-18-11(8-16-13(18)20-12)9-3-2-4-10(14)7-9/h2-4,7-8H,5-6H2,1H3,(H,15,17). The normalized spacial score (nSPS) is 11.1. The molecule has 5 nitrogen and oxygen atoms in total. The quantitative estimate of drug-likeness (QED) is 0.736. The Morgan fingerprint density at radius 2 is 2.35 bits per heavy atom. The predicted molar refractivity (Wildman–Crippen MR) is 81.7 cm³/mol. The highest BCUT2D eigenvalue weighted by Gasteiger charge is 2.11. The van der Waals surface area contributed by atoms with E-state index >= 15 is 0 Å². The van der Waals surface area contributed by atoms with Crippen molar-refractivity contribution in [1.29, 1.82) is 0 Å². The van der Waals surface area contributed by atoms with Crippen LogP contribution in [0.25, 0.3) is 16.2 Å². The van der Waals surface area contributed by atoms with Gasteiger partial charge < -0.3 is 10.1 Å². The van der Waals surface area contributed by atoms with Gasteiger partial charge in [0.25, 0.3) is 0 Å². The topological polar surface area (TPSA) is 51.5 Å². The lowest BCUT2D eigenvalue weighted by atomic mass is 10.2. The average Bonchev–Trinajstić information content (AvgIpc) is 2.98. The first-order valence-corrected chi connectivity index (χ1v) is 7.30. The number of methoxy groups -OCH3 is 1. The van der Waals surface area contributed by atoms with Crippen LogP contribution < -0.4 is 5.32 Å². The maximum absolute atomic E-state index is 6.03. The summed E-state index contributed by atoms with van der Waals surface area (Å²) >= 11 is 7.54. The number of rotatable bonds is 5. The molecule has 0 saturated carbocycles.